The average molecular weight is 306 g/mol. The van der Waals surface area contributed by atoms with Crippen LogP contribution in [0.2, 0.25) is 0 Å². The van der Waals surface area contributed by atoms with Gasteiger partial charge in [0.2, 0.25) is 0 Å². The van der Waals surface area contributed by atoms with Gasteiger partial charge in [-0.15, -0.1) is 0 Å². The average Bonchev–Trinajstić information content (AvgIpc) is 2.87. The van der Waals surface area contributed by atoms with E-state index in [0.29, 0.717) is 19.5 Å². The molecule has 1 aromatic heterocycles. The number of aromatic nitrogens is 2. The maximum Gasteiger partial charge on any atom is 0.391 e. The molecule has 0 unspecified atom stereocenters. The Hall–Kier alpha value is -1.64. The van der Waals surface area contributed by atoms with Crippen LogP contribution in [-0.4, -0.2) is 33.5 Å². The summed E-state index contributed by atoms with van der Waals surface area (Å²) in [5, 5.41) is 17.4. The first-order chi connectivity index (χ1) is 9.86. The molecule has 9 heteroatoms. The molecular weight excluding hydrogens is 289 g/mol. The van der Waals surface area contributed by atoms with Crippen molar-refractivity contribution in [2.45, 2.75) is 44.4 Å². The second-order valence-electron chi connectivity index (χ2n) is 5.27. The van der Waals surface area contributed by atoms with Crippen LogP contribution in [0.5, 0.6) is 0 Å². The molecule has 1 saturated carbocycles. The molecule has 1 heterocycles. The lowest BCUT2D eigenvalue weighted by Crippen LogP contribution is -2.39. The predicted molar refractivity (Wildman–Crippen MR) is 68.7 cm³/mol. The Balaban J connectivity index is 1.76. The van der Waals surface area contributed by atoms with E-state index in [1.165, 1.54) is 10.9 Å². The van der Waals surface area contributed by atoms with Crippen LogP contribution in [0, 0.1) is 16.0 Å². The lowest BCUT2D eigenvalue weighted by Gasteiger charge is -2.31. The lowest BCUT2D eigenvalue weighted by molar-refractivity contribution is -0.385. The van der Waals surface area contributed by atoms with E-state index in [2.05, 4.69) is 10.4 Å². The summed E-state index contributed by atoms with van der Waals surface area (Å²) in [5.74, 6) is -1.23. The van der Waals surface area contributed by atoms with Gasteiger partial charge in [-0.25, -0.2) is 0 Å². The third-order valence-corrected chi connectivity index (χ3v) is 3.74. The van der Waals surface area contributed by atoms with Gasteiger partial charge in [0, 0.05) is 12.6 Å². The highest BCUT2D eigenvalue weighted by atomic mass is 19.4. The highest BCUT2D eigenvalue weighted by Crippen LogP contribution is 2.37. The summed E-state index contributed by atoms with van der Waals surface area (Å²) >= 11 is 0. The summed E-state index contributed by atoms with van der Waals surface area (Å²) in [7, 11) is 0. The Morgan fingerprint density at radius 2 is 2.24 bits per heavy atom. The predicted octanol–water partition coefficient (Wildman–Crippen LogP) is 2.50. The van der Waals surface area contributed by atoms with Crippen molar-refractivity contribution in [3.05, 3.63) is 22.5 Å². The normalized spacial score (nSPS) is 23.2. The van der Waals surface area contributed by atoms with Crippen LogP contribution in [0.4, 0.5) is 18.9 Å². The monoisotopic (exact) mass is 306 g/mol. The topological polar surface area (TPSA) is 73.0 Å². The molecule has 0 radical (unpaired) electrons. The Labute approximate surface area is 119 Å². The molecule has 2 rings (SSSR count). The van der Waals surface area contributed by atoms with Gasteiger partial charge in [0.05, 0.1) is 17.4 Å². The van der Waals surface area contributed by atoms with E-state index in [9.17, 15) is 23.3 Å². The molecule has 21 heavy (non-hydrogen) atoms. The van der Waals surface area contributed by atoms with E-state index < -0.39 is 17.0 Å². The van der Waals surface area contributed by atoms with Crippen molar-refractivity contribution in [1.29, 1.82) is 0 Å². The van der Waals surface area contributed by atoms with Crippen molar-refractivity contribution in [2.24, 2.45) is 5.92 Å². The number of rotatable bonds is 5. The molecule has 1 aliphatic rings. The van der Waals surface area contributed by atoms with E-state index in [4.69, 9.17) is 0 Å². The zero-order chi connectivity index (χ0) is 15.5. The van der Waals surface area contributed by atoms with Crippen LogP contribution in [0.3, 0.4) is 0 Å². The molecule has 1 aliphatic carbocycles. The summed E-state index contributed by atoms with van der Waals surface area (Å²) in [6.07, 6.45) is -0.0684. The smallest absolute Gasteiger partial charge is 0.312 e. The molecule has 0 bridgehead atoms. The van der Waals surface area contributed by atoms with Crippen molar-refractivity contribution in [3.8, 4) is 0 Å². The standard InChI is InChI=1S/C12H17F3N4O2/c13-12(14,15)9-2-1-3-10(6-9)16-4-5-18-8-11(7-17-18)19(20)21/h7-10,16H,1-6H2/t9-,10+/m1/s1. The van der Waals surface area contributed by atoms with Gasteiger partial charge in [-0.2, -0.15) is 18.3 Å². The Kier molecular flexibility index (Phi) is 4.81. The van der Waals surface area contributed by atoms with Crippen molar-refractivity contribution in [3.63, 3.8) is 0 Å². The molecule has 6 nitrogen and oxygen atoms in total. The van der Waals surface area contributed by atoms with Crippen LogP contribution < -0.4 is 5.32 Å². The van der Waals surface area contributed by atoms with Gasteiger partial charge < -0.3 is 5.32 Å². The van der Waals surface area contributed by atoms with Crippen LogP contribution in [0.25, 0.3) is 0 Å². The number of nitrogens with one attached hydrogen (secondary N) is 1. The fourth-order valence-corrected chi connectivity index (χ4v) is 2.62. The van der Waals surface area contributed by atoms with Crippen LogP contribution in [-0.2, 0) is 6.54 Å². The molecule has 1 aromatic rings. The summed E-state index contributed by atoms with van der Waals surface area (Å²) in [5.41, 5.74) is -0.0928. The van der Waals surface area contributed by atoms with Crippen molar-refractivity contribution >= 4 is 5.69 Å². The summed E-state index contributed by atoms with van der Waals surface area (Å²) < 4.78 is 39.4. The maximum atomic E-state index is 12.7. The molecule has 0 aliphatic heterocycles. The van der Waals surface area contributed by atoms with Gasteiger partial charge in [0.1, 0.15) is 12.4 Å². The minimum Gasteiger partial charge on any atom is -0.312 e. The molecule has 118 valence electrons. The van der Waals surface area contributed by atoms with Crippen molar-refractivity contribution in [1.82, 2.24) is 15.1 Å². The van der Waals surface area contributed by atoms with Gasteiger partial charge in [-0.05, 0) is 19.3 Å². The summed E-state index contributed by atoms with van der Waals surface area (Å²) in [6, 6.07) is -0.157. The Bertz CT molecular complexity index is 489. The first kappa shape index (κ1) is 15.7. The molecule has 2 atom stereocenters. The van der Waals surface area contributed by atoms with Gasteiger partial charge in [0.15, 0.2) is 0 Å². The summed E-state index contributed by atoms with van der Waals surface area (Å²) in [6.45, 7) is 0.828. The molecule has 0 spiro atoms. The number of hydrogen-bond acceptors (Lipinski definition) is 4. The van der Waals surface area contributed by atoms with Gasteiger partial charge in [0.25, 0.3) is 0 Å². The van der Waals surface area contributed by atoms with E-state index in [1.807, 2.05) is 0 Å². The highest BCUT2D eigenvalue weighted by molar-refractivity contribution is 5.20. The number of halogens is 3. The van der Waals surface area contributed by atoms with Crippen LogP contribution in [0.15, 0.2) is 12.4 Å². The van der Waals surface area contributed by atoms with Crippen LogP contribution >= 0.6 is 0 Å². The molecule has 0 aromatic carbocycles. The molecular formula is C12H17F3N4O2. The fraction of sp³-hybridized carbons (Fsp3) is 0.750. The van der Waals surface area contributed by atoms with Crippen LogP contribution in [0.1, 0.15) is 25.7 Å². The van der Waals surface area contributed by atoms with E-state index >= 15 is 0 Å². The molecule has 1 fully saturated rings. The number of nitro groups is 1. The minimum absolute atomic E-state index is 0.0928. The fourth-order valence-electron chi connectivity index (χ4n) is 2.62. The third-order valence-electron chi connectivity index (χ3n) is 3.74. The Morgan fingerprint density at radius 3 is 2.86 bits per heavy atom. The van der Waals surface area contributed by atoms with Gasteiger partial charge >= 0.3 is 11.9 Å². The quantitative estimate of drug-likeness (QED) is 0.670. The molecule has 0 amide bonds. The van der Waals surface area contributed by atoms with Gasteiger partial charge in [-0.3, -0.25) is 14.8 Å². The lowest BCUT2D eigenvalue weighted by atomic mass is 9.85. The zero-order valence-corrected chi connectivity index (χ0v) is 11.3. The van der Waals surface area contributed by atoms with E-state index in [0.717, 1.165) is 12.6 Å². The minimum atomic E-state index is -4.12. The SMILES string of the molecule is O=[N+]([O-])c1cnn(CCN[C@H]2CCC[C@@H](C(F)(F)F)C2)c1. The third kappa shape index (κ3) is 4.42. The first-order valence-electron chi connectivity index (χ1n) is 6.83. The van der Waals surface area contributed by atoms with Crippen molar-refractivity contribution < 1.29 is 18.1 Å². The molecule has 0 saturated heterocycles. The number of alkyl halides is 3. The number of hydrogen-bond donors (Lipinski definition) is 1. The van der Waals surface area contributed by atoms with Crippen molar-refractivity contribution in [2.75, 3.05) is 6.54 Å². The second kappa shape index (κ2) is 6.42. The largest absolute Gasteiger partial charge is 0.391 e. The summed E-state index contributed by atoms with van der Waals surface area (Å²) in [4.78, 5) is 9.96. The van der Waals surface area contributed by atoms with E-state index in [1.54, 1.807) is 0 Å². The zero-order valence-electron chi connectivity index (χ0n) is 11.3. The first-order valence-corrected chi connectivity index (χ1v) is 6.83. The highest BCUT2D eigenvalue weighted by Gasteiger charge is 2.41. The second-order valence-corrected chi connectivity index (χ2v) is 5.27. The molecule has 1 N–H and O–H groups in total. The van der Waals surface area contributed by atoms with Gasteiger partial charge in [-0.1, -0.05) is 6.42 Å². The Morgan fingerprint density at radius 1 is 1.48 bits per heavy atom. The number of nitrogens with zero attached hydrogens (tertiary/aromatic N) is 3. The maximum absolute atomic E-state index is 12.7. The van der Waals surface area contributed by atoms with E-state index in [-0.39, 0.29) is 24.6 Å².